The van der Waals surface area contributed by atoms with Crippen LogP contribution in [0, 0.1) is 0 Å². The van der Waals surface area contributed by atoms with Crippen LogP contribution in [-0.4, -0.2) is 109 Å². The molecule has 1 heterocycles. The Morgan fingerprint density at radius 2 is 1.48 bits per heavy atom. The van der Waals surface area contributed by atoms with Gasteiger partial charge in [-0.1, -0.05) is 0 Å². The van der Waals surface area contributed by atoms with Gasteiger partial charge >= 0.3 is 5.97 Å². The van der Waals surface area contributed by atoms with Gasteiger partial charge in [-0.25, -0.2) is 4.79 Å². The standard InChI is InChI=1S/C24H45N11O6S/c1-42-12-8-17(22(40)41)33-18(36)13-32-19(37)15(6-3-10-30-23(25)26)34-21(39)16(7-4-11-31-24(27)28)35-20(38)14-5-2-9-29-14/h14-17,29H,2-13H2,1H3,(H,32,37)(H,33,36)(H,34,39)(H,35,38)(H,40,41)(H4,25,26,30)(H4,27,28,31). The van der Waals surface area contributed by atoms with Gasteiger partial charge in [0, 0.05) is 13.1 Å². The molecule has 238 valence electrons. The molecule has 42 heavy (non-hydrogen) atoms. The van der Waals surface area contributed by atoms with Crippen LogP contribution in [0.15, 0.2) is 9.98 Å². The van der Waals surface area contributed by atoms with Crippen LogP contribution in [-0.2, 0) is 24.0 Å². The fraction of sp³-hybridized carbons (Fsp3) is 0.708. The SMILES string of the molecule is CSCCC(NC(=O)CNC(=O)C(CCCN=C(N)N)NC(=O)C(CCCN=C(N)N)NC(=O)C1CCCN1)C(=O)O. The fourth-order valence-corrected chi connectivity index (χ4v) is 4.50. The van der Waals surface area contributed by atoms with Gasteiger partial charge in [-0.2, -0.15) is 11.8 Å². The van der Waals surface area contributed by atoms with Crippen molar-refractivity contribution in [1.29, 1.82) is 0 Å². The second-order valence-corrected chi connectivity index (χ2v) is 10.6. The van der Waals surface area contributed by atoms with Crippen LogP contribution in [0.3, 0.4) is 0 Å². The second kappa shape index (κ2) is 20.1. The second-order valence-electron chi connectivity index (χ2n) is 9.63. The van der Waals surface area contributed by atoms with Crippen molar-refractivity contribution in [3.63, 3.8) is 0 Å². The predicted octanol–water partition coefficient (Wildman–Crippen LogP) is -3.75. The van der Waals surface area contributed by atoms with Gasteiger partial charge in [-0.15, -0.1) is 0 Å². The monoisotopic (exact) mass is 615 g/mol. The Kier molecular flexibility index (Phi) is 17.4. The van der Waals surface area contributed by atoms with E-state index < -0.39 is 54.4 Å². The number of thioether (sulfide) groups is 1. The normalized spacial score (nSPS) is 16.3. The maximum Gasteiger partial charge on any atom is 0.326 e. The lowest BCUT2D eigenvalue weighted by atomic mass is 10.1. The lowest BCUT2D eigenvalue weighted by molar-refractivity contribution is -0.141. The number of nitrogens with two attached hydrogens (primary N) is 4. The molecule has 0 radical (unpaired) electrons. The van der Waals surface area contributed by atoms with Crippen molar-refractivity contribution < 1.29 is 29.1 Å². The van der Waals surface area contributed by atoms with E-state index in [1.54, 1.807) is 0 Å². The first-order valence-corrected chi connectivity index (χ1v) is 15.1. The molecule has 0 aromatic heterocycles. The summed E-state index contributed by atoms with van der Waals surface area (Å²) in [6.07, 6.45) is 4.48. The lowest BCUT2D eigenvalue weighted by Gasteiger charge is -2.24. The number of carboxylic acid groups (broad SMARTS) is 1. The van der Waals surface area contributed by atoms with E-state index in [0.717, 1.165) is 6.42 Å². The van der Waals surface area contributed by atoms with E-state index in [1.165, 1.54) is 11.8 Å². The van der Waals surface area contributed by atoms with Gasteiger partial charge in [0.05, 0.1) is 12.6 Å². The highest BCUT2D eigenvalue weighted by Gasteiger charge is 2.30. The molecule has 1 rings (SSSR count). The van der Waals surface area contributed by atoms with E-state index in [0.29, 0.717) is 31.6 Å². The molecule has 1 fully saturated rings. The first-order chi connectivity index (χ1) is 19.9. The summed E-state index contributed by atoms with van der Waals surface area (Å²) in [4.78, 5) is 70.6. The molecule has 18 heteroatoms. The number of nitrogens with zero attached hydrogens (tertiary/aromatic N) is 2. The number of carbonyl (C=O) groups excluding carboxylic acids is 4. The number of carboxylic acids is 1. The van der Waals surface area contributed by atoms with Crippen LogP contribution >= 0.6 is 11.8 Å². The third-order valence-electron chi connectivity index (χ3n) is 6.20. The molecular weight excluding hydrogens is 570 g/mol. The molecule has 4 unspecified atom stereocenters. The summed E-state index contributed by atoms with van der Waals surface area (Å²) in [5.74, 6) is -3.22. The largest absolute Gasteiger partial charge is 0.480 e. The fourth-order valence-electron chi connectivity index (χ4n) is 4.03. The summed E-state index contributed by atoms with van der Waals surface area (Å²) in [5.41, 5.74) is 21.4. The average molecular weight is 616 g/mol. The van der Waals surface area contributed by atoms with E-state index >= 15 is 0 Å². The van der Waals surface area contributed by atoms with E-state index in [4.69, 9.17) is 22.9 Å². The molecular formula is C24H45N11O6S. The Labute approximate surface area is 249 Å². The zero-order valence-electron chi connectivity index (χ0n) is 23.9. The third-order valence-corrected chi connectivity index (χ3v) is 6.84. The average Bonchev–Trinajstić information content (AvgIpc) is 3.47. The summed E-state index contributed by atoms with van der Waals surface area (Å²) in [6, 6.07) is -3.62. The number of carbonyl (C=O) groups is 5. The Balaban J connectivity index is 2.93. The van der Waals surface area contributed by atoms with Gasteiger partial charge in [0.1, 0.15) is 18.1 Å². The van der Waals surface area contributed by atoms with Crippen LogP contribution in [0.4, 0.5) is 0 Å². The number of rotatable bonds is 20. The van der Waals surface area contributed by atoms with Gasteiger partial charge in [0.25, 0.3) is 0 Å². The Hall–Kier alpha value is -3.80. The molecule has 4 atom stereocenters. The highest BCUT2D eigenvalue weighted by molar-refractivity contribution is 7.98. The molecule has 0 aromatic carbocycles. The van der Waals surface area contributed by atoms with Gasteiger partial charge < -0.3 is 54.6 Å². The number of hydrogen-bond acceptors (Lipinski definition) is 9. The lowest BCUT2D eigenvalue weighted by Crippen LogP contribution is -2.56. The van der Waals surface area contributed by atoms with Crippen LogP contribution < -0.4 is 49.5 Å². The molecule has 4 amide bonds. The number of guanidine groups is 2. The molecule has 0 saturated carbocycles. The molecule has 1 aliphatic rings. The van der Waals surface area contributed by atoms with Crippen molar-refractivity contribution in [2.75, 3.05) is 38.2 Å². The Morgan fingerprint density at radius 3 is 1.98 bits per heavy atom. The maximum atomic E-state index is 13.3. The molecule has 1 saturated heterocycles. The Bertz CT molecular complexity index is 967. The first-order valence-electron chi connectivity index (χ1n) is 13.7. The van der Waals surface area contributed by atoms with Crippen LogP contribution in [0.5, 0.6) is 0 Å². The third kappa shape index (κ3) is 15.3. The minimum absolute atomic E-state index is 0.101. The molecule has 0 aromatic rings. The number of aliphatic carboxylic acids is 1. The van der Waals surface area contributed by atoms with Crippen molar-refractivity contribution in [2.45, 2.75) is 69.1 Å². The summed E-state index contributed by atoms with van der Waals surface area (Å²) < 4.78 is 0. The highest BCUT2D eigenvalue weighted by Crippen LogP contribution is 2.08. The number of amides is 4. The Morgan fingerprint density at radius 1 is 0.881 bits per heavy atom. The number of hydrogen-bond donors (Lipinski definition) is 10. The topological polar surface area (TPSA) is 295 Å². The highest BCUT2D eigenvalue weighted by atomic mass is 32.2. The van der Waals surface area contributed by atoms with Crippen molar-refractivity contribution in [2.24, 2.45) is 32.9 Å². The summed E-state index contributed by atoms with van der Waals surface area (Å²) >= 11 is 1.44. The smallest absolute Gasteiger partial charge is 0.326 e. The van der Waals surface area contributed by atoms with Gasteiger partial charge in [-0.3, -0.25) is 29.2 Å². The van der Waals surface area contributed by atoms with Crippen molar-refractivity contribution in [3.05, 3.63) is 0 Å². The molecule has 0 aliphatic carbocycles. The summed E-state index contributed by atoms with van der Waals surface area (Å²) in [6.45, 7) is 0.601. The summed E-state index contributed by atoms with van der Waals surface area (Å²) in [7, 11) is 0. The molecule has 1 aliphatic heterocycles. The van der Waals surface area contributed by atoms with Crippen LogP contribution in [0.25, 0.3) is 0 Å². The molecule has 0 spiro atoms. The quantitative estimate of drug-likeness (QED) is 0.0359. The van der Waals surface area contributed by atoms with Crippen molar-refractivity contribution in [3.8, 4) is 0 Å². The minimum atomic E-state index is -1.19. The summed E-state index contributed by atoms with van der Waals surface area (Å²) in [5, 5.41) is 22.6. The number of nitrogens with one attached hydrogen (secondary N) is 5. The van der Waals surface area contributed by atoms with Crippen molar-refractivity contribution in [1.82, 2.24) is 26.6 Å². The molecule has 17 nitrogen and oxygen atoms in total. The van der Waals surface area contributed by atoms with Crippen LogP contribution in [0.1, 0.15) is 44.9 Å². The predicted molar refractivity (Wildman–Crippen MR) is 160 cm³/mol. The van der Waals surface area contributed by atoms with Gasteiger partial charge in [-0.05, 0) is 63.5 Å². The van der Waals surface area contributed by atoms with E-state index in [9.17, 15) is 29.1 Å². The van der Waals surface area contributed by atoms with Crippen molar-refractivity contribution >= 4 is 53.3 Å². The first kappa shape index (κ1) is 36.2. The van der Waals surface area contributed by atoms with E-state index in [-0.39, 0.29) is 50.2 Å². The van der Waals surface area contributed by atoms with E-state index in [1.807, 2.05) is 6.26 Å². The van der Waals surface area contributed by atoms with E-state index in [2.05, 4.69) is 36.6 Å². The van der Waals surface area contributed by atoms with Gasteiger partial charge in [0.2, 0.25) is 23.6 Å². The minimum Gasteiger partial charge on any atom is -0.480 e. The number of aliphatic imine (C=N–C) groups is 2. The zero-order chi connectivity index (χ0) is 31.5. The maximum absolute atomic E-state index is 13.3. The zero-order valence-corrected chi connectivity index (χ0v) is 24.7. The molecule has 14 N–H and O–H groups in total. The van der Waals surface area contributed by atoms with Gasteiger partial charge in [0.15, 0.2) is 11.9 Å². The molecule has 0 bridgehead atoms. The van der Waals surface area contributed by atoms with Crippen LogP contribution in [0.2, 0.25) is 0 Å².